The molecule has 0 aliphatic carbocycles. The molecule has 4 aromatic rings. The number of hydrogen-bond acceptors (Lipinski definition) is 6. The van der Waals surface area contributed by atoms with Gasteiger partial charge in [0.15, 0.2) is 5.82 Å². The van der Waals surface area contributed by atoms with Gasteiger partial charge in [0.2, 0.25) is 0 Å². The number of aromatic nitrogens is 6. The highest BCUT2D eigenvalue weighted by molar-refractivity contribution is 7.17. The second-order valence-corrected chi connectivity index (χ2v) is 7.48. The largest absolute Gasteiger partial charge is 0.291 e. The number of fused-ring (bicyclic) bond motifs is 1. The van der Waals surface area contributed by atoms with Crippen LogP contribution in [0.2, 0.25) is 0 Å². The van der Waals surface area contributed by atoms with E-state index in [1.807, 2.05) is 5.38 Å². The van der Waals surface area contributed by atoms with Gasteiger partial charge in [-0.3, -0.25) is 9.36 Å². The van der Waals surface area contributed by atoms with E-state index >= 15 is 0 Å². The van der Waals surface area contributed by atoms with Crippen molar-refractivity contribution in [3.05, 3.63) is 57.2 Å². The Hall–Kier alpha value is -2.87. The van der Waals surface area contributed by atoms with Crippen molar-refractivity contribution in [3.63, 3.8) is 0 Å². The number of nitrogens with zero attached hydrogens (tertiary/aromatic N) is 6. The molecular formula is C19H20N6OS. The Morgan fingerprint density at radius 3 is 2.81 bits per heavy atom. The highest BCUT2D eigenvalue weighted by Crippen LogP contribution is 2.31. The van der Waals surface area contributed by atoms with Gasteiger partial charge in [0, 0.05) is 17.5 Å². The average Bonchev–Trinajstić information content (AvgIpc) is 3.28. The van der Waals surface area contributed by atoms with Gasteiger partial charge < -0.3 is 0 Å². The van der Waals surface area contributed by atoms with E-state index in [-0.39, 0.29) is 5.56 Å². The van der Waals surface area contributed by atoms with Crippen molar-refractivity contribution in [1.29, 1.82) is 0 Å². The fraction of sp³-hybridized carbons (Fsp3) is 0.316. The molecule has 8 heteroatoms. The van der Waals surface area contributed by atoms with Crippen LogP contribution >= 0.6 is 11.3 Å². The fourth-order valence-corrected chi connectivity index (χ4v) is 3.98. The Kier molecular flexibility index (Phi) is 4.57. The monoisotopic (exact) mass is 380 g/mol. The quantitative estimate of drug-likeness (QED) is 0.531. The van der Waals surface area contributed by atoms with Gasteiger partial charge in [0.05, 0.1) is 18.3 Å². The molecule has 0 radical (unpaired) electrons. The van der Waals surface area contributed by atoms with Crippen LogP contribution < -0.4 is 5.56 Å². The predicted molar refractivity (Wildman–Crippen MR) is 106 cm³/mol. The van der Waals surface area contributed by atoms with Crippen LogP contribution in [0.4, 0.5) is 0 Å². The molecule has 3 heterocycles. The maximum atomic E-state index is 13.2. The number of thiophene rings is 1. The van der Waals surface area contributed by atoms with Gasteiger partial charge in [-0.05, 0) is 47.4 Å². The molecule has 0 atom stereocenters. The van der Waals surface area contributed by atoms with Gasteiger partial charge in [-0.25, -0.2) is 9.67 Å². The Bertz CT molecular complexity index is 1170. The summed E-state index contributed by atoms with van der Waals surface area (Å²) in [6, 6.07) is 6.26. The predicted octanol–water partition coefficient (Wildman–Crippen LogP) is 3.19. The summed E-state index contributed by atoms with van der Waals surface area (Å²) in [7, 11) is 0. The third kappa shape index (κ3) is 3.16. The molecular weight excluding hydrogens is 360 g/mol. The van der Waals surface area contributed by atoms with Crippen LogP contribution in [0.5, 0.6) is 0 Å². The number of benzene rings is 1. The molecule has 3 aromatic heterocycles. The van der Waals surface area contributed by atoms with E-state index in [1.54, 1.807) is 15.6 Å². The van der Waals surface area contributed by atoms with Crippen LogP contribution in [-0.2, 0) is 13.1 Å². The first-order valence-electron chi connectivity index (χ1n) is 8.87. The first-order chi connectivity index (χ1) is 13.1. The molecule has 0 fully saturated rings. The highest BCUT2D eigenvalue weighted by atomic mass is 32.1. The minimum absolute atomic E-state index is 0.0690. The maximum absolute atomic E-state index is 13.2. The van der Waals surface area contributed by atoms with Gasteiger partial charge >= 0.3 is 0 Å². The molecule has 0 bridgehead atoms. The molecule has 0 aliphatic heterocycles. The minimum atomic E-state index is -0.0690. The summed E-state index contributed by atoms with van der Waals surface area (Å²) >= 11 is 1.49. The molecule has 7 nitrogen and oxygen atoms in total. The van der Waals surface area contributed by atoms with Gasteiger partial charge in [-0.2, -0.15) is 0 Å². The second kappa shape index (κ2) is 7.03. The Morgan fingerprint density at radius 2 is 2.04 bits per heavy atom. The summed E-state index contributed by atoms with van der Waals surface area (Å²) in [5.74, 6) is 0.656. The summed E-state index contributed by atoms with van der Waals surface area (Å²) in [5, 5.41) is 14.4. The zero-order chi connectivity index (χ0) is 19.0. The lowest BCUT2D eigenvalue weighted by Gasteiger charge is -2.07. The normalized spacial score (nSPS) is 11.4. The van der Waals surface area contributed by atoms with Crippen LogP contribution in [0.1, 0.15) is 30.3 Å². The van der Waals surface area contributed by atoms with E-state index in [4.69, 9.17) is 0 Å². The van der Waals surface area contributed by atoms with Crippen molar-refractivity contribution in [2.75, 3.05) is 0 Å². The first kappa shape index (κ1) is 17.5. The Balaban J connectivity index is 1.80. The lowest BCUT2D eigenvalue weighted by molar-refractivity contribution is 0.540. The van der Waals surface area contributed by atoms with Crippen LogP contribution in [0, 0.1) is 13.8 Å². The summed E-state index contributed by atoms with van der Waals surface area (Å²) in [6.07, 6.45) is 2.50. The highest BCUT2D eigenvalue weighted by Gasteiger charge is 2.15. The fourth-order valence-electron chi connectivity index (χ4n) is 3.08. The van der Waals surface area contributed by atoms with Crippen molar-refractivity contribution < 1.29 is 0 Å². The molecule has 4 rings (SSSR count). The van der Waals surface area contributed by atoms with Crippen molar-refractivity contribution in [2.24, 2.45) is 0 Å². The van der Waals surface area contributed by atoms with Crippen LogP contribution in [0.15, 0.2) is 34.7 Å². The van der Waals surface area contributed by atoms with E-state index in [9.17, 15) is 4.79 Å². The molecule has 0 amide bonds. The summed E-state index contributed by atoms with van der Waals surface area (Å²) in [6.45, 7) is 7.25. The average molecular weight is 380 g/mol. The van der Waals surface area contributed by atoms with Crippen molar-refractivity contribution >= 4 is 21.6 Å². The van der Waals surface area contributed by atoms with E-state index in [2.05, 4.69) is 59.5 Å². The standard InChI is InChI=1S/C19H20N6OS/c1-4-7-25-16(21-22-23-25)9-24-11-20-18-17(19(24)26)15(10-27-18)14-6-5-12(2)13(3)8-14/h5-6,8,10-11H,4,7,9H2,1-3H3. The molecule has 1 aromatic carbocycles. The molecule has 0 N–H and O–H groups in total. The van der Waals surface area contributed by atoms with E-state index in [1.165, 1.54) is 22.5 Å². The molecule has 0 unspecified atom stereocenters. The van der Waals surface area contributed by atoms with Crippen molar-refractivity contribution in [3.8, 4) is 11.1 Å². The van der Waals surface area contributed by atoms with Crippen LogP contribution in [-0.4, -0.2) is 29.8 Å². The summed E-state index contributed by atoms with van der Waals surface area (Å²) in [4.78, 5) is 18.4. The van der Waals surface area contributed by atoms with Gasteiger partial charge in [0.25, 0.3) is 5.56 Å². The molecule has 27 heavy (non-hydrogen) atoms. The second-order valence-electron chi connectivity index (χ2n) is 6.62. The van der Waals surface area contributed by atoms with E-state index in [0.29, 0.717) is 17.8 Å². The smallest absolute Gasteiger partial charge is 0.263 e. The van der Waals surface area contributed by atoms with E-state index < -0.39 is 0 Å². The number of aryl methyl sites for hydroxylation is 3. The van der Waals surface area contributed by atoms with Gasteiger partial charge in [-0.15, -0.1) is 16.4 Å². The minimum Gasteiger partial charge on any atom is -0.291 e. The summed E-state index contributed by atoms with van der Waals surface area (Å²) < 4.78 is 3.31. The molecule has 0 aliphatic rings. The topological polar surface area (TPSA) is 78.5 Å². The number of rotatable bonds is 5. The molecule has 0 saturated carbocycles. The lowest BCUT2D eigenvalue weighted by Crippen LogP contribution is -2.23. The van der Waals surface area contributed by atoms with Gasteiger partial charge in [-0.1, -0.05) is 25.1 Å². The van der Waals surface area contributed by atoms with E-state index in [0.717, 1.165) is 28.9 Å². The van der Waals surface area contributed by atoms with Crippen LogP contribution in [0.3, 0.4) is 0 Å². The molecule has 138 valence electrons. The number of tetrazole rings is 1. The van der Waals surface area contributed by atoms with Gasteiger partial charge in [0.1, 0.15) is 4.83 Å². The summed E-state index contributed by atoms with van der Waals surface area (Å²) in [5.41, 5.74) is 4.34. The number of hydrogen-bond donors (Lipinski definition) is 0. The lowest BCUT2D eigenvalue weighted by atomic mass is 10.0. The Labute approximate surface area is 160 Å². The maximum Gasteiger partial charge on any atom is 0.263 e. The van der Waals surface area contributed by atoms with Crippen molar-refractivity contribution in [2.45, 2.75) is 40.3 Å². The first-order valence-corrected chi connectivity index (χ1v) is 9.75. The third-order valence-corrected chi connectivity index (χ3v) is 5.62. The SMILES string of the molecule is CCCn1nnnc1Cn1cnc2scc(-c3ccc(C)c(C)c3)c2c1=O. The Morgan fingerprint density at radius 1 is 1.19 bits per heavy atom. The van der Waals surface area contributed by atoms with Crippen LogP contribution in [0.25, 0.3) is 21.3 Å². The zero-order valence-electron chi connectivity index (χ0n) is 15.5. The molecule has 0 spiro atoms. The zero-order valence-corrected chi connectivity index (χ0v) is 16.3. The third-order valence-electron chi connectivity index (χ3n) is 4.73. The van der Waals surface area contributed by atoms with Crippen molar-refractivity contribution in [1.82, 2.24) is 29.8 Å². The molecule has 0 saturated heterocycles.